The van der Waals surface area contributed by atoms with Crippen molar-refractivity contribution in [2.24, 2.45) is 11.8 Å². The molecule has 0 fully saturated rings. The first-order valence-electron chi connectivity index (χ1n) is 12.1. The Hall–Kier alpha value is -3.16. The summed E-state index contributed by atoms with van der Waals surface area (Å²) in [6, 6.07) is 6.20. The summed E-state index contributed by atoms with van der Waals surface area (Å²) in [5.74, 6) is -1.45. The number of likely N-dealkylation sites (N-methyl/N-ethyl adjacent to an activating group) is 1. The van der Waals surface area contributed by atoms with Gasteiger partial charge in [0.1, 0.15) is 6.04 Å². The highest BCUT2D eigenvalue weighted by Crippen LogP contribution is 2.27. The predicted octanol–water partition coefficient (Wildman–Crippen LogP) is 4.33. The van der Waals surface area contributed by atoms with E-state index in [1.807, 2.05) is 27.7 Å². The fraction of sp³-hybridized carbons (Fsp3) is 0.556. The molecule has 0 aliphatic heterocycles. The molecule has 35 heavy (non-hydrogen) atoms. The van der Waals surface area contributed by atoms with Crippen molar-refractivity contribution in [2.75, 3.05) is 30.5 Å². The van der Waals surface area contributed by atoms with Gasteiger partial charge in [0.15, 0.2) is 0 Å². The standard InChI is InChI=1S/C24H37N3O5.C3H6/c1-7-8-13-32-22(29)15-19(14-17(2)3)23(30)25-18(4)24(31)27(6)21-12-10-9-11-20(21)26(5)16-28;1-3-2/h9-12,16-19H,7-8,13-15H2,1-6H3,(H,25,30);3H,1H2,2H3. The normalized spacial score (nSPS) is 11.9. The van der Waals surface area contributed by atoms with E-state index in [2.05, 4.69) is 11.9 Å². The Morgan fingerprint density at radius 3 is 2.20 bits per heavy atom. The minimum atomic E-state index is -0.812. The third kappa shape index (κ3) is 11.7. The second-order valence-corrected chi connectivity index (χ2v) is 8.85. The van der Waals surface area contributed by atoms with Gasteiger partial charge in [-0.15, -0.1) is 6.58 Å². The Morgan fingerprint density at radius 1 is 1.11 bits per heavy atom. The van der Waals surface area contributed by atoms with Crippen molar-refractivity contribution in [1.29, 1.82) is 0 Å². The molecule has 0 spiro atoms. The van der Waals surface area contributed by atoms with Crippen LogP contribution in [0.1, 0.15) is 60.3 Å². The first-order valence-corrected chi connectivity index (χ1v) is 12.1. The quantitative estimate of drug-likeness (QED) is 0.192. The lowest BCUT2D eigenvalue weighted by Gasteiger charge is -2.27. The number of ether oxygens (including phenoxy) is 1. The molecule has 0 radical (unpaired) electrons. The smallest absolute Gasteiger partial charge is 0.306 e. The molecule has 1 N–H and O–H groups in total. The summed E-state index contributed by atoms with van der Waals surface area (Å²) in [6.45, 7) is 13.2. The van der Waals surface area contributed by atoms with Gasteiger partial charge in [-0.25, -0.2) is 0 Å². The number of nitrogens with one attached hydrogen (secondary N) is 1. The third-order valence-corrected chi connectivity index (χ3v) is 5.14. The number of anilines is 2. The minimum absolute atomic E-state index is 0.0164. The molecule has 1 aromatic carbocycles. The van der Waals surface area contributed by atoms with Crippen molar-refractivity contribution >= 4 is 35.6 Å². The van der Waals surface area contributed by atoms with E-state index in [4.69, 9.17) is 4.74 Å². The first-order chi connectivity index (χ1) is 16.5. The average Bonchev–Trinajstić information content (AvgIpc) is 2.82. The maximum atomic E-state index is 13.0. The van der Waals surface area contributed by atoms with Gasteiger partial charge in [-0.2, -0.15) is 0 Å². The maximum absolute atomic E-state index is 13.0. The van der Waals surface area contributed by atoms with Crippen molar-refractivity contribution in [3.05, 3.63) is 36.9 Å². The zero-order valence-electron chi connectivity index (χ0n) is 22.4. The highest BCUT2D eigenvalue weighted by atomic mass is 16.5. The lowest BCUT2D eigenvalue weighted by atomic mass is 9.93. The fourth-order valence-corrected chi connectivity index (χ4v) is 3.35. The Labute approximate surface area is 210 Å². The summed E-state index contributed by atoms with van der Waals surface area (Å²) in [5, 5.41) is 2.75. The van der Waals surface area contributed by atoms with E-state index in [-0.39, 0.29) is 24.2 Å². The molecule has 3 amide bonds. The van der Waals surface area contributed by atoms with Gasteiger partial charge >= 0.3 is 5.97 Å². The molecule has 8 heteroatoms. The van der Waals surface area contributed by atoms with Crippen LogP contribution in [0.2, 0.25) is 0 Å². The van der Waals surface area contributed by atoms with E-state index >= 15 is 0 Å². The Morgan fingerprint density at radius 2 is 1.69 bits per heavy atom. The van der Waals surface area contributed by atoms with Gasteiger partial charge in [-0.3, -0.25) is 19.2 Å². The Bertz CT molecular complexity index is 825. The minimum Gasteiger partial charge on any atom is -0.466 e. The van der Waals surface area contributed by atoms with Crippen LogP contribution in [0.25, 0.3) is 0 Å². The lowest BCUT2D eigenvalue weighted by molar-refractivity contribution is -0.147. The summed E-state index contributed by atoms with van der Waals surface area (Å²) in [4.78, 5) is 52.0. The largest absolute Gasteiger partial charge is 0.466 e. The summed E-state index contributed by atoms with van der Waals surface area (Å²) < 4.78 is 5.21. The number of rotatable bonds is 13. The van der Waals surface area contributed by atoms with Gasteiger partial charge in [-0.1, -0.05) is 45.4 Å². The number of benzene rings is 1. The number of allylic oxidation sites excluding steroid dienone is 1. The van der Waals surface area contributed by atoms with Crippen LogP contribution in [0, 0.1) is 11.8 Å². The molecular formula is C27H43N3O5. The number of hydrogen-bond donors (Lipinski definition) is 1. The van der Waals surface area contributed by atoms with Crippen LogP contribution in [0.3, 0.4) is 0 Å². The van der Waals surface area contributed by atoms with Gasteiger partial charge in [-0.05, 0) is 44.7 Å². The molecule has 0 saturated heterocycles. The summed E-state index contributed by atoms with van der Waals surface area (Å²) in [7, 11) is 3.20. The zero-order chi connectivity index (χ0) is 27.0. The second kappa shape index (κ2) is 17.3. The van der Waals surface area contributed by atoms with E-state index in [1.54, 1.807) is 51.4 Å². The topological polar surface area (TPSA) is 96.0 Å². The zero-order valence-corrected chi connectivity index (χ0v) is 22.4. The van der Waals surface area contributed by atoms with Gasteiger partial charge in [0.05, 0.1) is 24.4 Å². The van der Waals surface area contributed by atoms with Crippen molar-refractivity contribution < 1.29 is 23.9 Å². The molecule has 0 aliphatic carbocycles. The number of carbonyl (C=O) groups is 4. The van der Waals surface area contributed by atoms with Crippen LogP contribution in [0.15, 0.2) is 36.9 Å². The molecule has 1 aromatic rings. The molecule has 2 unspecified atom stereocenters. The van der Waals surface area contributed by atoms with Crippen LogP contribution < -0.4 is 15.1 Å². The monoisotopic (exact) mass is 489 g/mol. The van der Waals surface area contributed by atoms with Crippen molar-refractivity contribution in [1.82, 2.24) is 5.32 Å². The Balaban J connectivity index is 0.00000365. The molecule has 1 rings (SSSR count). The van der Waals surface area contributed by atoms with Crippen LogP contribution >= 0.6 is 0 Å². The Kier molecular flexibility index (Phi) is 15.7. The van der Waals surface area contributed by atoms with Gasteiger partial charge in [0.25, 0.3) is 0 Å². The number of amides is 3. The second-order valence-electron chi connectivity index (χ2n) is 8.85. The van der Waals surface area contributed by atoms with Crippen molar-refractivity contribution in [2.45, 2.75) is 66.3 Å². The van der Waals surface area contributed by atoms with E-state index in [9.17, 15) is 19.2 Å². The predicted molar refractivity (Wildman–Crippen MR) is 141 cm³/mol. The fourth-order valence-electron chi connectivity index (χ4n) is 3.35. The van der Waals surface area contributed by atoms with Crippen molar-refractivity contribution in [3.63, 3.8) is 0 Å². The number of hydrogen-bond acceptors (Lipinski definition) is 5. The van der Waals surface area contributed by atoms with E-state index in [1.165, 1.54) is 9.80 Å². The number of unbranched alkanes of at least 4 members (excludes halogenated alkanes) is 1. The van der Waals surface area contributed by atoms with Crippen LogP contribution in [-0.2, 0) is 23.9 Å². The van der Waals surface area contributed by atoms with Gasteiger partial charge in [0.2, 0.25) is 18.2 Å². The molecule has 2 atom stereocenters. The summed E-state index contributed by atoms with van der Waals surface area (Å²) in [6.07, 6.45) is 4.61. The first kappa shape index (κ1) is 31.8. The maximum Gasteiger partial charge on any atom is 0.306 e. The molecule has 8 nitrogen and oxygen atoms in total. The lowest BCUT2D eigenvalue weighted by Crippen LogP contribution is -2.48. The summed E-state index contributed by atoms with van der Waals surface area (Å²) in [5.41, 5.74) is 1.12. The molecule has 0 aromatic heterocycles. The highest BCUT2D eigenvalue weighted by Gasteiger charge is 2.28. The summed E-state index contributed by atoms with van der Waals surface area (Å²) >= 11 is 0. The molecule has 0 saturated carbocycles. The van der Waals surface area contributed by atoms with Crippen LogP contribution in [0.5, 0.6) is 0 Å². The molecule has 0 aliphatic rings. The van der Waals surface area contributed by atoms with Crippen LogP contribution in [-0.4, -0.2) is 50.9 Å². The SMILES string of the molecule is C=CC.CCCCOC(=O)CC(CC(C)C)C(=O)NC(C)C(=O)N(C)c1ccccc1N(C)C=O. The highest BCUT2D eigenvalue weighted by molar-refractivity contribution is 6.02. The average molecular weight is 490 g/mol. The molecular weight excluding hydrogens is 446 g/mol. The van der Waals surface area contributed by atoms with Gasteiger partial charge < -0.3 is 19.9 Å². The molecule has 0 bridgehead atoms. The molecule has 196 valence electrons. The number of esters is 1. The van der Waals surface area contributed by atoms with E-state index < -0.39 is 17.9 Å². The van der Waals surface area contributed by atoms with E-state index in [0.29, 0.717) is 30.8 Å². The molecule has 0 heterocycles. The number of carbonyl (C=O) groups excluding carboxylic acids is 4. The number of nitrogens with zero attached hydrogens (tertiary/aromatic N) is 2. The van der Waals surface area contributed by atoms with Crippen molar-refractivity contribution in [3.8, 4) is 0 Å². The third-order valence-electron chi connectivity index (χ3n) is 5.14. The van der Waals surface area contributed by atoms with Crippen LogP contribution in [0.4, 0.5) is 11.4 Å². The van der Waals surface area contributed by atoms with E-state index in [0.717, 1.165) is 12.8 Å². The number of para-hydroxylation sites is 2. The van der Waals surface area contributed by atoms with Gasteiger partial charge in [0, 0.05) is 20.0 Å².